The van der Waals surface area contributed by atoms with Gasteiger partial charge in [0.05, 0.1) is 6.54 Å². The van der Waals surface area contributed by atoms with Crippen molar-refractivity contribution in [1.82, 2.24) is 9.80 Å². The van der Waals surface area contributed by atoms with Crippen molar-refractivity contribution in [2.75, 3.05) is 27.7 Å². The van der Waals surface area contributed by atoms with Crippen LogP contribution in [-0.4, -0.2) is 49.3 Å². The second-order valence-corrected chi connectivity index (χ2v) is 5.32. The van der Waals surface area contributed by atoms with Gasteiger partial charge in [0.15, 0.2) is 0 Å². The Morgan fingerprint density at radius 3 is 2.39 bits per heavy atom. The minimum atomic E-state index is -0.149. The smallest absolute Gasteiger partial charge is 0.254 e. The first kappa shape index (κ1) is 14.7. The number of rotatable bonds is 3. The molecule has 0 aromatic heterocycles. The first-order chi connectivity index (χ1) is 8.32. The van der Waals surface area contributed by atoms with E-state index in [4.69, 9.17) is 0 Å². The highest BCUT2D eigenvalue weighted by atomic mass is 79.9. The molecule has 0 radical (unpaired) electrons. The van der Waals surface area contributed by atoms with Crippen molar-refractivity contribution in [1.29, 1.82) is 0 Å². The quantitative estimate of drug-likeness (QED) is 0.855. The van der Waals surface area contributed by atoms with Crippen LogP contribution < -0.4 is 0 Å². The van der Waals surface area contributed by atoms with E-state index in [1.54, 1.807) is 27.2 Å². The first-order valence-electron chi connectivity index (χ1n) is 5.54. The van der Waals surface area contributed by atoms with Crippen LogP contribution in [0.5, 0.6) is 0 Å². The number of halogens is 1. The molecule has 0 spiro atoms. The summed E-state index contributed by atoms with van der Waals surface area (Å²) in [6, 6.07) is 5.53. The van der Waals surface area contributed by atoms with Gasteiger partial charge in [-0.3, -0.25) is 9.59 Å². The van der Waals surface area contributed by atoms with Gasteiger partial charge in [-0.05, 0) is 24.6 Å². The summed E-state index contributed by atoms with van der Waals surface area (Å²) in [5, 5.41) is 0. The molecular weight excluding hydrogens is 296 g/mol. The molecule has 0 aliphatic heterocycles. The van der Waals surface area contributed by atoms with Crippen molar-refractivity contribution in [2.45, 2.75) is 6.92 Å². The number of carbonyl (C=O) groups excluding carboxylic acids is 2. The molecule has 0 fully saturated rings. The maximum Gasteiger partial charge on any atom is 0.254 e. The van der Waals surface area contributed by atoms with Gasteiger partial charge in [0.2, 0.25) is 5.91 Å². The van der Waals surface area contributed by atoms with Crippen molar-refractivity contribution in [3.8, 4) is 0 Å². The summed E-state index contributed by atoms with van der Waals surface area (Å²) in [5.74, 6) is -0.248. The van der Waals surface area contributed by atoms with Gasteiger partial charge in [0.1, 0.15) is 0 Å². The summed E-state index contributed by atoms with van der Waals surface area (Å²) in [4.78, 5) is 26.7. The number of aryl methyl sites for hydroxylation is 1. The van der Waals surface area contributed by atoms with Crippen LogP contribution in [0.1, 0.15) is 15.9 Å². The van der Waals surface area contributed by atoms with Gasteiger partial charge in [-0.15, -0.1) is 0 Å². The molecule has 0 N–H and O–H groups in total. The number of hydrogen-bond acceptors (Lipinski definition) is 2. The van der Waals surface area contributed by atoms with Crippen LogP contribution >= 0.6 is 15.9 Å². The third-order valence-corrected chi connectivity index (χ3v) is 3.14. The van der Waals surface area contributed by atoms with Crippen LogP contribution in [0.3, 0.4) is 0 Å². The van der Waals surface area contributed by atoms with Crippen molar-refractivity contribution >= 4 is 27.7 Å². The largest absolute Gasteiger partial charge is 0.347 e. The van der Waals surface area contributed by atoms with Crippen LogP contribution in [0.4, 0.5) is 0 Å². The summed E-state index contributed by atoms with van der Waals surface area (Å²) < 4.78 is 0.851. The predicted molar refractivity (Wildman–Crippen MR) is 74.5 cm³/mol. The van der Waals surface area contributed by atoms with E-state index in [1.807, 2.05) is 19.1 Å². The van der Waals surface area contributed by atoms with Crippen LogP contribution in [0.25, 0.3) is 0 Å². The van der Waals surface area contributed by atoms with Gasteiger partial charge in [0.25, 0.3) is 5.91 Å². The highest BCUT2D eigenvalue weighted by molar-refractivity contribution is 9.10. The fourth-order valence-electron chi connectivity index (χ4n) is 1.45. The van der Waals surface area contributed by atoms with E-state index in [1.165, 1.54) is 9.80 Å². The standard InChI is InChI=1S/C13H17BrN2O2/c1-9-5-6-10(14)7-11(9)13(18)16(4)8-12(17)15(2)3/h5-7H,8H2,1-4H3. The summed E-state index contributed by atoms with van der Waals surface area (Å²) in [6.45, 7) is 1.96. The van der Waals surface area contributed by atoms with E-state index in [2.05, 4.69) is 15.9 Å². The molecular formula is C13H17BrN2O2. The minimum Gasteiger partial charge on any atom is -0.347 e. The van der Waals surface area contributed by atoms with E-state index >= 15 is 0 Å². The van der Waals surface area contributed by atoms with E-state index < -0.39 is 0 Å². The lowest BCUT2D eigenvalue weighted by Crippen LogP contribution is -2.38. The van der Waals surface area contributed by atoms with Crippen molar-refractivity contribution in [3.63, 3.8) is 0 Å². The summed E-state index contributed by atoms with van der Waals surface area (Å²) in [7, 11) is 4.97. The van der Waals surface area contributed by atoms with Crippen LogP contribution in [0.2, 0.25) is 0 Å². The van der Waals surface area contributed by atoms with Crippen molar-refractivity contribution in [3.05, 3.63) is 33.8 Å². The third-order valence-electron chi connectivity index (χ3n) is 2.65. The number of likely N-dealkylation sites (N-methyl/N-ethyl adjacent to an activating group) is 2. The average molecular weight is 313 g/mol. The molecule has 0 saturated carbocycles. The predicted octanol–water partition coefficient (Wildman–Crippen LogP) is 1.92. The number of benzene rings is 1. The lowest BCUT2D eigenvalue weighted by molar-refractivity contribution is -0.129. The van der Waals surface area contributed by atoms with Crippen LogP contribution in [-0.2, 0) is 4.79 Å². The lowest BCUT2D eigenvalue weighted by Gasteiger charge is -2.20. The van der Waals surface area contributed by atoms with E-state index in [9.17, 15) is 9.59 Å². The molecule has 0 bridgehead atoms. The van der Waals surface area contributed by atoms with Crippen molar-refractivity contribution in [2.24, 2.45) is 0 Å². The molecule has 5 heteroatoms. The molecule has 0 saturated heterocycles. The molecule has 98 valence electrons. The Balaban J connectivity index is 2.87. The van der Waals surface area contributed by atoms with E-state index in [0.717, 1.165) is 10.0 Å². The highest BCUT2D eigenvalue weighted by Gasteiger charge is 2.17. The Kier molecular flexibility index (Phi) is 4.90. The molecule has 1 rings (SSSR count). The minimum absolute atomic E-state index is 0.0811. The Labute approximate surface area is 116 Å². The topological polar surface area (TPSA) is 40.6 Å². The Morgan fingerprint density at radius 2 is 1.83 bits per heavy atom. The van der Waals surface area contributed by atoms with Crippen LogP contribution in [0, 0.1) is 6.92 Å². The molecule has 1 aromatic rings. The zero-order chi connectivity index (χ0) is 13.9. The fraction of sp³-hybridized carbons (Fsp3) is 0.385. The van der Waals surface area contributed by atoms with Crippen molar-refractivity contribution < 1.29 is 9.59 Å². The van der Waals surface area contributed by atoms with Gasteiger partial charge >= 0.3 is 0 Å². The zero-order valence-corrected chi connectivity index (χ0v) is 12.6. The second kappa shape index (κ2) is 6.00. The second-order valence-electron chi connectivity index (χ2n) is 4.41. The molecule has 1 aromatic carbocycles. The molecule has 0 aliphatic carbocycles. The number of hydrogen-bond donors (Lipinski definition) is 0. The van der Waals surface area contributed by atoms with Gasteiger partial charge in [0, 0.05) is 31.2 Å². The Morgan fingerprint density at radius 1 is 1.22 bits per heavy atom. The molecule has 18 heavy (non-hydrogen) atoms. The summed E-state index contributed by atoms with van der Waals surface area (Å²) in [6.07, 6.45) is 0. The SMILES string of the molecule is Cc1ccc(Br)cc1C(=O)N(C)CC(=O)N(C)C. The van der Waals surface area contributed by atoms with Gasteiger partial charge in [-0.1, -0.05) is 22.0 Å². The fourth-order valence-corrected chi connectivity index (χ4v) is 1.81. The van der Waals surface area contributed by atoms with Crippen LogP contribution in [0.15, 0.2) is 22.7 Å². The van der Waals surface area contributed by atoms with Gasteiger partial charge in [-0.25, -0.2) is 0 Å². The lowest BCUT2D eigenvalue weighted by atomic mass is 10.1. The molecule has 2 amide bonds. The highest BCUT2D eigenvalue weighted by Crippen LogP contribution is 2.17. The molecule has 4 nitrogen and oxygen atoms in total. The third kappa shape index (κ3) is 3.57. The summed E-state index contributed by atoms with van der Waals surface area (Å²) >= 11 is 3.34. The average Bonchev–Trinajstić information content (AvgIpc) is 2.31. The normalized spacial score (nSPS) is 10.1. The zero-order valence-electron chi connectivity index (χ0n) is 11.0. The van der Waals surface area contributed by atoms with E-state index in [0.29, 0.717) is 5.56 Å². The number of nitrogens with zero attached hydrogens (tertiary/aromatic N) is 2. The maximum atomic E-state index is 12.2. The summed E-state index contributed by atoms with van der Waals surface area (Å²) in [5.41, 5.74) is 1.51. The number of amides is 2. The monoisotopic (exact) mass is 312 g/mol. The van der Waals surface area contributed by atoms with E-state index in [-0.39, 0.29) is 18.4 Å². The Hall–Kier alpha value is -1.36. The van der Waals surface area contributed by atoms with Gasteiger partial charge in [-0.2, -0.15) is 0 Å². The van der Waals surface area contributed by atoms with Gasteiger partial charge < -0.3 is 9.80 Å². The molecule has 0 heterocycles. The molecule has 0 aliphatic rings. The first-order valence-corrected chi connectivity index (χ1v) is 6.34. The Bertz CT molecular complexity index is 472. The maximum absolute atomic E-state index is 12.2. The number of carbonyl (C=O) groups is 2. The molecule has 0 unspecified atom stereocenters. The molecule has 0 atom stereocenters.